The van der Waals surface area contributed by atoms with Gasteiger partial charge in [0.15, 0.2) is 5.82 Å². The van der Waals surface area contributed by atoms with Gasteiger partial charge in [-0.15, -0.1) is 10.2 Å². The summed E-state index contributed by atoms with van der Waals surface area (Å²) in [6, 6.07) is 15.7. The lowest BCUT2D eigenvalue weighted by molar-refractivity contribution is 0.243. The molecule has 2 aromatic carbocycles. The van der Waals surface area contributed by atoms with Crippen molar-refractivity contribution in [3.8, 4) is 0 Å². The molecule has 7 nitrogen and oxygen atoms in total. The number of aromatic nitrogens is 4. The van der Waals surface area contributed by atoms with Crippen LogP contribution < -0.4 is 10.5 Å². The molecule has 0 aliphatic carbocycles. The Morgan fingerprint density at radius 1 is 0.967 bits per heavy atom. The SMILES string of the molecule is CCn1c(=O)c2ccccc2n2c(CN3CCN(c4ccccc4Cl)CC3)nnc12. The van der Waals surface area contributed by atoms with E-state index < -0.39 is 0 Å². The van der Waals surface area contributed by atoms with Crippen LogP contribution >= 0.6 is 11.6 Å². The minimum atomic E-state index is -0.0205. The van der Waals surface area contributed by atoms with Crippen molar-refractivity contribution in [3.63, 3.8) is 0 Å². The van der Waals surface area contributed by atoms with Gasteiger partial charge in [-0.3, -0.25) is 18.7 Å². The molecule has 0 unspecified atom stereocenters. The second-order valence-corrected chi connectivity index (χ2v) is 7.94. The van der Waals surface area contributed by atoms with E-state index in [-0.39, 0.29) is 5.56 Å². The zero-order chi connectivity index (χ0) is 20.7. The van der Waals surface area contributed by atoms with Crippen LogP contribution in [0.4, 0.5) is 5.69 Å². The molecule has 8 heteroatoms. The van der Waals surface area contributed by atoms with Crippen LogP contribution in [0.5, 0.6) is 0 Å². The molecule has 30 heavy (non-hydrogen) atoms. The summed E-state index contributed by atoms with van der Waals surface area (Å²) in [5.74, 6) is 1.46. The summed E-state index contributed by atoms with van der Waals surface area (Å²) in [6.45, 7) is 6.82. The maximum absolute atomic E-state index is 12.8. The number of hydrogen-bond acceptors (Lipinski definition) is 5. The maximum Gasteiger partial charge on any atom is 0.262 e. The Hall–Kier alpha value is -2.90. The number of nitrogens with zero attached hydrogens (tertiary/aromatic N) is 6. The predicted octanol–water partition coefficient (Wildman–Crippen LogP) is 3.04. The van der Waals surface area contributed by atoms with Gasteiger partial charge in [-0.1, -0.05) is 35.9 Å². The highest BCUT2D eigenvalue weighted by molar-refractivity contribution is 6.33. The third-order valence-electron chi connectivity index (χ3n) is 5.82. The van der Waals surface area contributed by atoms with Crippen molar-refractivity contribution in [2.75, 3.05) is 31.1 Å². The molecule has 5 rings (SSSR count). The van der Waals surface area contributed by atoms with Gasteiger partial charge in [-0.05, 0) is 31.2 Å². The summed E-state index contributed by atoms with van der Waals surface area (Å²) < 4.78 is 3.72. The first-order chi connectivity index (χ1) is 14.7. The summed E-state index contributed by atoms with van der Waals surface area (Å²) in [5, 5.41) is 10.3. The zero-order valence-electron chi connectivity index (χ0n) is 16.8. The predicted molar refractivity (Wildman–Crippen MR) is 119 cm³/mol. The van der Waals surface area contributed by atoms with Gasteiger partial charge in [0.05, 0.1) is 28.2 Å². The number of benzene rings is 2. The topological polar surface area (TPSA) is 58.7 Å². The van der Waals surface area contributed by atoms with E-state index in [9.17, 15) is 4.79 Å². The molecule has 3 heterocycles. The van der Waals surface area contributed by atoms with Crippen molar-refractivity contribution in [2.45, 2.75) is 20.0 Å². The Morgan fingerprint density at radius 3 is 2.47 bits per heavy atom. The van der Waals surface area contributed by atoms with Crippen LogP contribution in [0.15, 0.2) is 53.3 Å². The number of piperazine rings is 1. The van der Waals surface area contributed by atoms with Gasteiger partial charge in [0.1, 0.15) is 0 Å². The molecule has 1 aliphatic rings. The van der Waals surface area contributed by atoms with Crippen molar-refractivity contribution in [3.05, 3.63) is 69.7 Å². The van der Waals surface area contributed by atoms with E-state index >= 15 is 0 Å². The Bertz CT molecular complexity index is 1270. The van der Waals surface area contributed by atoms with Crippen molar-refractivity contribution >= 4 is 34.0 Å². The first kappa shape index (κ1) is 19.1. The molecule has 4 aromatic rings. The quantitative estimate of drug-likeness (QED) is 0.506. The molecule has 0 amide bonds. The molecule has 154 valence electrons. The van der Waals surface area contributed by atoms with E-state index in [1.165, 1.54) is 0 Å². The first-order valence-electron chi connectivity index (χ1n) is 10.2. The molecule has 1 fully saturated rings. The average molecular weight is 423 g/mol. The molecule has 0 N–H and O–H groups in total. The van der Waals surface area contributed by atoms with Gasteiger partial charge in [0.25, 0.3) is 5.56 Å². The molecule has 0 radical (unpaired) electrons. The standard InChI is InChI=1S/C22H23ClN6O/c1-2-28-21(30)16-7-3-5-9-18(16)29-20(24-25-22(28)29)15-26-11-13-27(14-12-26)19-10-6-4-8-17(19)23/h3-10H,2,11-15H2,1H3. The van der Waals surface area contributed by atoms with Crippen molar-refractivity contribution in [2.24, 2.45) is 0 Å². The van der Waals surface area contributed by atoms with Crippen molar-refractivity contribution in [1.82, 2.24) is 24.1 Å². The second kappa shape index (κ2) is 7.74. The summed E-state index contributed by atoms with van der Waals surface area (Å²) in [4.78, 5) is 17.5. The van der Waals surface area contributed by atoms with E-state index in [4.69, 9.17) is 11.6 Å². The second-order valence-electron chi connectivity index (χ2n) is 7.53. The lowest BCUT2D eigenvalue weighted by atomic mass is 10.2. The van der Waals surface area contributed by atoms with Crippen LogP contribution in [0.1, 0.15) is 12.7 Å². The fourth-order valence-corrected chi connectivity index (χ4v) is 4.51. The molecular formula is C22H23ClN6O. The number of fused-ring (bicyclic) bond motifs is 3. The number of anilines is 1. The van der Waals surface area contributed by atoms with E-state index in [2.05, 4.69) is 26.1 Å². The van der Waals surface area contributed by atoms with E-state index in [0.717, 1.165) is 48.2 Å². The number of hydrogen-bond donors (Lipinski definition) is 0. The summed E-state index contributed by atoms with van der Waals surface area (Å²) in [6.07, 6.45) is 0. The normalized spacial score (nSPS) is 15.3. The highest BCUT2D eigenvalue weighted by Gasteiger charge is 2.22. The van der Waals surface area contributed by atoms with E-state index in [1.807, 2.05) is 53.8 Å². The summed E-state index contributed by atoms with van der Waals surface area (Å²) >= 11 is 6.37. The largest absolute Gasteiger partial charge is 0.368 e. The lowest BCUT2D eigenvalue weighted by Gasteiger charge is -2.36. The van der Waals surface area contributed by atoms with Crippen LogP contribution in [0.25, 0.3) is 16.7 Å². The Morgan fingerprint density at radius 2 is 1.70 bits per heavy atom. The zero-order valence-corrected chi connectivity index (χ0v) is 17.6. The summed E-state index contributed by atoms with van der Waals surface area (Å²) in [7, 11) is 0. The number of halogens is 1. The van der Waals surface area contributed by atoms with Crippen LogP contribution in [-0.4, -0.2) is 50.2 Å². The molecule has 0 spiro atoms. The monoisotopic (exact) mass is 422 g/mol. The number of aryl methyl sites for hydroxylation is 1. The first-order valence-corrected chi connectivity index (χ1v) is 10.6. The van der Waals surface area contributed by atoms with Gasteiger partial charge >= 0.3 is 0 Å². The van der Waals surface area contributed by atoms with Crippen LogP contribution in [0.3, 0.4) is 0 Å². The molecule has 0 saturated carbocycles. The van der Waals surface area contributed by atoms with E-state index in [0.29, 0.717) is 24.3 Å². The van der Waals surface area contributed by atoms with Crippen molar-refractivity contribution < 1.29 is 0 Å². The van der Waals surface area contributed by atoms with Gasteiger partial charge in [0.2, 0.25) is 5.78 Å². The third-order valence-corrected chi connectivity index (χ3v) is 6.14. The average Bonchev–Trinajstić information content (AvgIpc) is 3.19. The molecule has 0 bridgehead atoms. The van der Waals surface area contributed by atoms with Gasteiger partial charge < -0.3 is 4.90 Å². The van der Waals surface area contributed by atoms with Crippen LogP contribution in [-0.2, 0) is 13.1 Å². The fraction of sp³-hybridized carbons (Fsp3) is 0.318. The maximum atomic E-state index is 12.8. The minimum absolute atomic E-state index is 0.0205. The molecule has 1 aliphatic heterocycles. The van der Waals surface area contributed by atoms with Gasteiger partial charge in [0, 0.05) is 32.7 Å². The van der Waals surface area contributed by atoms with Gasteiger partial charge in [-0.25, -0.2) is 0 Å². The Kier molecular flexibility index (Phi) is 4.92. The van der Waals surface area contributed by atoms with Crippen LogP contribution in [0.2, 0.25) is 5.02 Å². The lowest BCUT2D eigenvalue weighted by Crippen LogP contribution is -2.46. The number of rotatable bonds is 4. The Labute approximate surface area is 179 Å². The third kappa shape index (κ3) is 3.14. The fourth-order valence-electron chi connectivity index (χ4n) is 4.26. The molecule has 0 atom stereocenters. The number of para-hydroxylation sites is 2. The molecule has 1 saturated heterocycles. The van der Waals surface area contributed by atoms with Gasteiger partial charge in [-0.2, -0.15) is 0 Å². The van der Waals surface area contributed by atoms with Crippen molar-refractivity contribution in [1.29, 1.82) is 0 Å². The van der Waals surface area contributed by atoms with E-state index in [1.54, 1.807) is 4.57 Å². The highest BCUT2D eigenvalue weighted by atomic mass is 35.5. The molecular weight excluding hydrogens is 400 g/mol. The minimum Gasteiger partial charge on any atom is -0.368 e. The summed E-state index contributed by atoms with van der Waals surface area (Å²) in [5.41, 5.74) is 1.93. The molecule has 2 aromatic heterocycles. The highest BCUT2D eigenvalue weighted by Crippen LogP contribution is 2.26. The van der Waals surface area contributed by atoms with Crippen LogP contribution in [0, 0.1) is 0 Å². The Balaban J connectivity index is 1.44. The smallest absolute Gasteiger partial charge is 0.262 e.